The van der Waals surface area contributed by atoms with Crippen LogP contribution in [0.3, 0.4) is 0 Å². The summed E-state index contributed by atoms with van der Waals surface area (Å²) in [5.41, 5.74) is 3.78. The minimum Gasteiger partial charge on any atom is -0.316 e. The number of nitrogens with zero attached hydrogens (tertiary/aromatic N) is 5. The highest BCUT2D eigenvalue weighted by atomic mass is 32.1. The first-order valence-corrected chi connectivity index (χ1v) is 12.9. The maximum Gasteiger partial charge on any atom is 0.297 e. The summed E-state index contributed by atoms with van der Waals surface area (Å²) in [7, 11) is 1.87. The van der Waals surface area contributed by atoms with Gasteiger partial charge >= 0.3 is 0 Å². The van der Waals surface area contributed by atoms with Gasteiger partial charge in [-0.05, 0) is 74.9 Å². The molecule has 0 aliphatic heterocycles. The normalized spacial score (nSPS) is 12.1. The molecule has 2 heterocycles. The standard InChI is InChI=1S/C27H32FN5OS/c1-5-31(6-2)17-10-18-32-24(21-13-15-22(28)16-14-21)19-35-27(32)29-25-20(3)30(4)33(26(25)34)23-11-8-7-9-12-23/h7-9,11-16,19H,5-6,10,17-18H2,1-4H3. The van der Waals surface area contributed by atoms with Gasteiger partial charge in [0.15, 0.2) is 10.5 Å². The molecule has 2 aromatic carbocycles. The Bertz CT molecular complexity index is 1390. The molecule has 4 rings (SSSR count). The number of para-hydroxylation sites is 1. The Hall–Kier alpha value is -3.23. The molecule has 4 aromatic rings. The second-order valence-electron chi connectivity index (χ2n) is 8.46. The molecule has 0 aliphatic rings. The lowest BCUT2D eigenvalue weighted by Crippen LogP contribution is -2.26. The van der Waals surface area contributed by atoms with Crippen molar-refractivity contribution < 1.29 is 4.39 Å². The van der Waals surface area contributed by atoms with E-state index in [0.29, 0.717) is 5.69 Å². The number of benzene rings is 2. The fraction of sp³-hybridized carbons (Fsp3) is 0.333. The molecule has 0 N–H and O–H groups in total. The molecular formula is C27H32FN5OS. The summed E-state index contributed by atoms with van der Waals surface area (Å²) in [4.78, 5) is 21.5. The van der Waals surface area contributed by atoms with Crippen LogP contribution in [0.25, 0.3) is 16.9 Å². The van der Waals surface area contributed by atoms with Gasteiger partial charge in [0.05, 0.1) is 17.1 Å². The number of hydrogen-bond acceptors (Lipinski definition) is 4. The molecule has 0 saturated carbocycles. The van der Waals surface area contributed by atoms with Crippen LogP contribution in [0.2, 0.25) is 0 Å². The maximum atomic E-state index is 13.6. The van der Waals surface area contributed by atoms with Crippen LogP contribution in [0.15, 0.2) is 69.8 Å². The molecule has 0 fully saturated rings. The molecule has 0 amide bonds. The lowest BCUT2D eigenvalue weighted by Gasteiger charge is -2.18. The maximum absolute atomic E-state index is 13.6. The highest BCUT2D eigenvalue weighted by Crippen LogP contribution is 2.22. The summed E-state index contributed by atoms with van der Waals surface area (Å²) in [5, 5.41) is 2.04. The summed E-state index contributed by atoms with van der Waals surface area (Å²) in [6.45, 7) is 10.0. The van der Waals surface area contributed by atoms with Crippen molar-refractivity contribution in [3.63, 3.8) is 0 Å². The molecule has 0 bridgehead atoms. The number of aromatic nitrogens is 3. The summed E-state index contributed by atoms with van der Waals surface area (Å²) in [6.07, 6.45) is 0.946. The fourth-order valence-electron chi connectivity index (χ4n) is 4.26. The van der Waals surface area contributed by atoms with E-state index in [9.17, 15) is 9.18 Å². The summed E-state index contributed by atoms with van der Waals surface area (Å²) in [6, 6.07) is 16.1. The van der Waals surface area contributed by atoms with Crippen LogP contribution >= 0.6 is 11.3 Å². The number of halogens is 1. The van der Waals surface area contributed by atoms with Gasteiger partial charge in [0.25, 0.3) is 5.56 Å². The lowest BCUT2D eigenvalue weighted by molar-refractivity contribution is 0.293. The zero-order valence-electron chi connectivity index (χ0n) is 20.7. The molecule has 0 radical (unpaired) electrons. The van der Waals surface area contributed by atoms with Gasteiger partial charge in [-0.3, -0.25) is 9.48 Å². The monoisotopic (exact) mass is 493 g/mol. The molecule has 6 nitrogen and oxygen atoms in total. The van der Waals surface area contributed by atoms with E-state index in [0.717, 1.165) is 60.0 Å². The van der Waals surface area contributed by atoms with Crippen molar-refractivity contribution in [1.82, 2.24) is 18.8 Å². The molecule has 0 atom stereocenters. The first-order valence-electron chi connectivity index (χ1n) is 12.0. The Labute approximate surface area is 209 Å². The third-order valence-electron chi connectivity index (χ3n) is 6.42. The largest absolute Gasteiger partial charge is 0.316 e. The zero-order chi connectivity index (χ0) is 24.9. The van der Waals surface area contributed by atoms with Crippen molar-refractivity contribution in [3.05, 3.63) is 86.6 Å². The average Bonchev–Trinajstić information content (AvgIpc) is 3.36. The summed E-state index contributed by atoms with van der Waals surface area (Å²) >= 11 is 1.50. The van der Waals surface area contributed by atoms with E-state index >= 15 is 0 Å². The number of hydrogen-bond donors (Lipinski definition) is 0. The van der Waals surface area contributed by atoms with Crippen molar-refractivity contribution in [1.29, 1.82) is 0 Å². The molecule has 184 valence electrons. The van der Waals surface area contributed by atoms with Crippen molar-refractivity contribution in [2.75, 3.05) is 19.6 Å². The fourth-order valence-corrected chi connectivity index (χ4v) is 5.20. The van der Waals surface area contributed by atoms with Crippen molar-refractivity contribution in [2.45, 2.75) is 33.7 Å². The Morgan fingerprint density at radius 3 is 2.37 bits per heavy atom. The molecule has 0 saturated heterocycles. The molecule has 2 aromatic heterocycles. The Kier molecular flexibility index (Phi) is 7.83. The van der Waals surface area contributed by atoms with Crippen molar-refractivity contribution in [2.24, 2.45) is 12.0 Å². The van der Waals surface area contributed by atoms with Gasteiger partial charge in [-0.25, -0.2) is 14.1 Å². The zero-order valence-corrected chi connectivity index (χ0v) is 21.6. The van der Waals surface area contributed by atoms with Crippen LogP contribution in [0, 0.1) is 12.7 Å². The van der Waals surface area contributed by atoms with Crippen LogP contribution < -0.4 is 10.4 Å². The third kappa shape index (κ3) is 5.23. The Balaban J connectivity index is 1.80. The molecule has 0 unspecified atom stereocenters. The predicted molar refractivity (Wildman–Crippen MR) is 141 cm³/mol. The smallest absolute Gasteiger partial charge is 0.297 e. The summed E-state index contributed by atoms with van der Waals surface area (Å²) < 4.78 is 19.2. The van der Waals surface area contributed by atoms with Gasteiger partial charge in [0, 0.05) is 19.0 Å². The van der Waals surface area contributed by atoms with Crippen LogP contribution in [-0.2, 0) is 13.6 Å². The van der Waals surface area contributed by atoms with Crippen molar-refractivity contribution >= 4 is 17.0 Å². The minimum absolute atomic E-state index is 0.150. The third-order valence-corrected chi connectivity index (χ3v) is 7.28. The number of rotatable bonds is 9. The van der Waals surface area contributed by atoms with Crippen LogP contribution in [0.4, 0.5) is 10.1 Å². The van der Waals surface area contributed by atoms with E-state index in [4.69, 9.17) is 4.99 Å². The lowest BCUT2D eigenvalue weighted by atomic mass is 10.1. The molecule has 0 aliphatic carbocycles. The minimum atomic E-state index is -0.261. The van der Waals surface area contributed by atoms with Gasteiger partial charge in [0.2, 0.25) is 0 Å². The van der Waals surface area contributed by atoms with E-state index in [1.54, 1.807) is 16.8 Å². The van der Waals surface area contributed by atoms with E-state index in [1.165, 1.54) is 23.5 Å². The molecule has 0 spiro atoms. The number of thiazole rings is 1. The van der Waals surface area contributed by atoms with Gasteiger partial charge in [-0.1, -0.05) is 32.0 Å². The molecular weight excluding hydrogens is 461 g/mol. The SMILES string of the molecule is CCN(CC)CCCn1c(-c2ccc(F)cc2)csc1=Nc1c(C)n(C)n(-c2ccccc2)c1=O. The Morgan fingerprint density at radius 1 is 1.03 bits per heavy atom. The van der Waals surface area contributed by atoms with Gasteiger partial charge < -0.3 is 9.47 Å². The van der Waals surface area contributed by atoms with E-state index in [2.05, 4.69) is 23.3 Å². The Morgan fingerprint density at radius 2 is 1.71 bits per heavy atom. The summed E-state index contributed by atoms with van der Waals surface area (Å²) in [5.74, 6) is -0.261. The molecule has 35 heavy (non-hydrogen) atoms. The first kappa shape index (κ1) is 24.9. The topological polar surface area (TPSA) is 47.5 Å². The van der Waals surface area contributed by atoms with E-state index in [-0.39, 0.29) is 11.4 Å². The quantitative estimate of drug-likeness (QED) is 0.325. The first-order chi connectivity index (χ1) is 16.9. The van der Waals surface area contributed by atoms with Crippen LogP contribution in [0.5, 0.6) is 0 Å². The van der Waals surface area contributed by atoms with Gasteiger partial charge in [-0.15, -0.1) is 11.3 Å². The average molecular weight is 494 g/mol. The van der Waals surface area contributed by atoms with E-state index in [1.807, 2.05) is 54.4 Å². The second-order valence-corrected chi connectivity index (χ2v) is 9.30. The van der Waals surface area contributed by atoms with Crippen LogP contribution in [-0.4, -0.2) is 38.5 Å². The second kappa shape index (κ2) is 11.0. The van der Waals surface area contributed by atoms with E-state index < -0.39 is 0 Å². The van der Waals surface area contributed by atoms with Crippen LogP contribution in [0.1, 0.15) is 26.0 Å². The van der Waals surface area contributed by atoms with Gasteiger partial charge in [-0.2, -0.15) is 0 Å². The van der Waals surface area contributed by atoms with Crippen molar-refractivity contribution in [3.8, 4) is 16.9 Å². The van der Waals surface area contributed by atoms with Gasteiger partial charge in [0.1, 0.15) is 5.82 Å². The highest BCUT2D eigenvalue weighted by molar-refractivity contribution is 7.07. The molecule has 8 heteroatoms. The predicted octanol–water partition coefficient (Wildman–Crippen LogP) is 5.12. The highest BCUT2D eigenvalue weighted by Gasteiger charge is 2.17.